The molecular weight excluding hydrogens is 259 g/mol. The Labute approximate surface area is 117 Å². The van der Waals surface area contributed by atoms with E-state index in [9.17, 15) is 4.39 Å². The van der Waals surface area contributed by atoms with Crippen LogP contribution in [0.2, 0.25) is 0 Å². The highest BCUT2D eigenvalue weighted by molar-refractivity contribution is 5.59. The number of aromatic nitrogens is 2. The van der Waals surface area contributed by atoms with Crippen LogP contribution in [0.3, 0.4) is 0 Å². The minimum Gasteiger partial charge on any atom is -0.480 e. The van der Waals surface area contributed by atoms with Crippen molar-refractivity contribution in [1.29, 1.82) is 0 Å². The summed E-state index contributed by atoms with van der Waals surface area (Å²) in [6, 6.07) is 6.23. The van der Waals surface area contributed by atoms with Gasteiger partial charge in [-0.05, 0) is 37.2 Å². The average molecular weight is 276 g/mol. The van der Waals surface area contributed by atoms with Gasteiger partial charge in [0.1, 0.15) is 5.82 Å². The summed E-state index contributed by atoms with van der Waals surface area (Å²) in [6.07, 6.45) is 3.97. The maximum Gasteiger partial charge on any atom is 0.234 e. The van der Waals surface area contributed by atoms with Gasteiger partial charge in [0.25, 0.3) is 0 Å². The van der Waals surface area contributed by atoms with E-state index in [1.165, 1.54) is 25.4 Å². The molecule has 6 heteroatoms. The number of rotatable bonds is 6. The van der Waals surface area contributed by atoms with Crippen LogP contribution < -0.4 is 15.4 Å². The van der Waals surface area contributed by atoms with Gasteiger partial charge in [-0.3, -0.25) is 4.98 Å². The first-order valence-electron chi connectivity index (χ1n) is 6.34. The van der Waals surface area contributed by atoms with E-state index in [0.29, 0.717) is 24.8 Å². The molecular formula is C14H17FN4O. The molecule has 2 aromatic rings. The van der Waals surface area contributed by atoms with Crippen LogP contribution in [0, 0.1) is 5.82 Å². The summed E-state index contributed by atoms with van der Waals surface area (Å²) in [7, 11) is 1.54. The molecule has 0 fully saturated rings. The summed E-state index contributed by atoms with van der Waals surface area (Å²) in [6.45, 7) is 1.24. The van der Waals surface area contributed by atoms with Gasteiger partial charge in [-0.15, -0.1) is 0 Å². The summed E-state index contributed by atoms with van der Waals surface area (Å²) in [5.41, 5.74) is 6.40. The molecule has 0 aliphatic rings. The molecule has 0 spiro atoms. The highest BCUT2D eigenvalue weighted by Gasteiger charge is 2.12. The summed E-state index contributed by atoms with van der Waals surface area (Å²) in [4.78, 5) is 10.4. The molecule has 1 aromatic heterocycles. The summed E-state index contributed by atoms with van der Waals surface area (Å²) in [5, 5.41) is 0. The molecule has 0 saturated carbocycles. The quantitative estimate of drug-likeness (QED) is 0.875. The largest absolute Gasteiger partial charge is 0.480 e. The zero-order valence-electron chi connectivity index (χ0n) is 11.3. The summed E-state index contributed by atoms with van der Waals surface area (Å²) in [5.74, 6) is 0.802. The van der Waals surface area contributed by atoms with E-state index in [1.807, 2.05) is 4.90 Å². The molecule has 2 N–H and O–H groups in total. The summed E-state index contributed by atoms with van der Waals surface area (Å²) >= 11 is 0. The number of benzene rings is 1. The Kier molecular flexibility index (Phi) is 4.84. The van der Waals surface area contributed by atoms with Gasteiger partial charge in [0.05, 0.1) is 19.5 Å². The molecule has 0 atom stereocenters. The number of nitrogens with zero attached hydrogens (tertiary/aromatic N) is 3. The van der Waals surface area contributed by atoms with Crippen LogP contribution in [0.25, 0.3) is 0 Å². The zero-order chi connectivity index (χ0) is 14.4. The van der Waals surface area contributed by atoms with Crippen molar-refractivity contribution in [3.8, 4) is 5.88 Å². The van der Waals surface area contributed by atoms with Crippen molar-refractivity contribution in [2.45, 2.75) is 6.42 Å². The number of ether oxygens (including phenoxy) is 1. The third-order valence-corrected chi connectivity index (χ3v) is 2.81. The molecule has 0 radical (unpaired) electrons. The molecule has 106 valence electrons. The molecule has 0 aliphatic carbocycles. The molecule has 0 saturated heterocycles. The van der Waals surface area contributed by atoms with E-state index in [0.717, 1.165) is 12.1 Å². The predicted molar refractivity (Wildman–Crippen MR) is 75.7 cm³/mol. The molecule has 2 rings (SSSR count). The van der Waals surface area contributed by atoms with Gasteiger partial charge in [0.15, 0.2) is 5.82 Å². The van der Waals surface area contributed by atoms with Gasteiger partial charge < -0.3 is 15.4 Å². The first-order chi connectivity index (χ1) is 9.74. The number of hydrogen-bond acceptors (Lipinski definition) is 5. The highest BCUT2D eigenvalue weighted by atomic mass is 19.1. The van der Waals surface area contributed by atoms with Crippen LogP contribution in [0.5, 0.6) is 5.88 Å². The molecule has 0 unspecified atom stereocenters. The Morgan fingerprint density at radius 3 is 2.65 bits per heavy atom. The fourth-order valence-corrected chi connectivity index (χ4v) is 1.81. The first kappa shape index (κ1) is 14.2. The molecule has 0 amide bonds. The second-order valence-electron chi connectivity index (χ2n) is 4.19. The number of halogens is 1. The van der Waals surface area contributed by atoms with Crippen molar-refractivity contribution < 1.29 is 9.13 Å². The van der Waals surface area contributed by atoms with Crippen LogP contribution in [0.15, 0.2) is 36.7 Å². The van der Waals surface area contributed by atoms with Crippen molar-refractivity contribution in [3.63, 3.8) is 0 Å². The lowest BCUT2D eigenvalue weighted by atomic mass is 10.2. The van der Waals surface area contributed by atoms with Gasteiger partial charge in [0.2, 0.25) is 5.88 Å². The topological polar surface area (TPSA) is 64.3 Å². The number of hydrogen-bond donors (Lipinski definition) is 1. The second-order valence-corrected chi connectivity index (χ2v) is 4.19. The van der Waals surface area contributed by atoms with E-state index in [2.05, 4.69) is 9.97 Å². The summed E-state index contributed by atoms with van der Waals surface area (Å²) < 4.78 is 18.1. The van der Waals surface area contributed by atoms with Crippen LogP contribution in [0.1, 0.15) is 6.42 Å². The van der Waals surface area contributed by atoms with Gasteiger partial charge in [-0.2, -0.15) is 4.98 Å². The lowest BCUT2D eigenvalue weighted by Crippen LogP contribution is -2.22. The van der Waals surface area contributed by atoms with E-state index < -0.39 is 0 Å². The smallest absolute Gasteiger partial charge is 0.234 e. The third-order valence-electron chi connectivity index (χ3n) is 2.81. The Morgan fingerprint density at radius 1 is 1.25 bits per heavy atom. The highest BCUT2D eigenvalue weighted by Crippen LogP contribution is 2.24. The van der Waals surface area contributed by atoms with Crippen molar-refractivity contribution >= 4 is 11.5 Å². The lowest BCUT2D eigenvalue weighted by molar-refractivity contribution is 0.396. The van der Waals surface area contributed by atoms with Crippen molar-refractivity contribution in [2.75, 3.05) is 25.1 Å². The molecule has 1 heterocycles. The molecule has 0 aliphatic heterocycles. The Hall–Kier alpha value is -2.21. The first-order valence-corrected chi connectivity index (χ1v) is 6.34. The van der Waals surface area contributed by atoms with Crippen LogP contribution in [-0.2, 0) is 0 Å². The van der Waals surface area contributed by atoms with Gasteiger partial charge in [0, 0.05) is 12.2 Å². The van der Waals surface area contributed by atoms with Crippen molar-refractivity contribution in [1.82, 2.24) is 9.97 Å². The Balaban J connectivity index is 2.32. The van der Waals surface area contributed by atoms with Crippen molar-refractivity contribution in [2.24, 2.45) is 5.73 Å². The maximum absolute atomic E-state index is 13.0. The fourth-order valence-electron chi connectivity index (χ4n) is 1.81. The molecule has 20 heavy (non-hydrogen) atoms. The van der Waals surface area contributed by atoms with E-state index in [-0.39, 0.29) is 5.82 Å². The SMILES string of the molecule is COc1cncc(N(CCCN)c2ccc(F)cc2)n1. The number of nitrogens with two attached hydrogens (primary N) is 1. The van der Waals surface area contributed by atoms with E-state index in [4.69, 9.17) is 10.5 Å². The average Bonchev–Trinajstić information content (AvgIpc) is 2.49. The predicted octanol–water partition coefficient (Wildman–Crippen LogP) is 2.11. The third kappa shape index (κ3) is 3.42. The van der Waals surface area contributed by atoms with Gasteiger partial charge >= 0.3 is 0 Å². The minimum absolute atomic E-state index is 0.274. The van der Waals surface area contributed by atoms with Crippen LogP contribution >= 0.6 is 0 Å². The second kappa shape index (κ2) is 6.81. The maximum atomic E-state index is 13.0. The fraction of sp³-hybridized carbons (Fsp3) is 0.286. The van der Waals surface area contributed by atoms with Crippen LogP contribution in [-0.4, -0.2) is 30.2 Å². The molecule has 1 aromatic carbocycles. The molecule has 0 bridgehead atoms. The van der Waals surface area contributed by atoms with E-state index >= 15 is 0 Å². The standard InChI is InChI=1S/C14H17FN4O/c1-20-14-10-17-9-13(18-14)19(8-2-7-16)12-5-3-11(15)4-6-12/h3-6,9-10H,2,7-8,16H2,1H3. The van der Waals surface area contributed by atoms with Gasteiger partial charge in [-0.25, -0.2) is 4.39 Å². The number of methoxy groups -OCH3 is 1. The Bertz CT molecular complexity index is 547. The van der Waals surface area contributed by atoms with Crippen molar-refractivity contribution in [3.05, 3.63) is 42.5 Å². The lowest BCUT2D eigenvalue weighted by Gasteiger charge is -2.23. The normalized spacial score (nSPS) is 10.3. The Morgan fingerprint density at radius 2 is 2.00 bits per heavy atom. The van der Waals surface area contributed by atoms with E-state index in [1.54, 1.807) is 18.3 Å². The zero-order valence-corrected chi connectivity index (χ0v) is 11.3. The van der Waals surface area contributed by atoms with Crippen LogP contribution in [0.4, 0.5) is 15.9 Å². The minimum atomic E-state index is -0.274. The van der Waals surface area contributed by atoms with Gasteiger partial charge in [-0.1, -0.05) is 0 Å². The number of anilines is 2. The molecule has 5 nitrogen and oxygen atoms in total. The monoisotopic (exact) mass is 276 g/mol.